The Labute approximate surface area is 122 Å². The van der Waals surface area contributed by atoms with Crippen LogP contribution in [0.25, 0.3) is 5.69 Å². The molecule has 1 aromatic heterocycles. The first-order valence-corrected chi connectivity index (χ1v) is 7.26. The average Bonchev–Trinajstić information content (AvgIpc) is 2.97. The molecule has 0 saturated heterocycles. The lowest BCUT2D eigenvalue weighted by Gasteiger charge is -2.08. The number of hydrogen-bond donors (Lipinski definition) is 1. The molecule has 0 radical (unpaired) electrons. The summed E-state index contributed by atoms with van der Waals surface area (Å²) in [7, 11) is 0. The van der Waals surface area contributed by atoms with Crippen LogP contribution in [-0.4, -0.2) is 16.3 Å². The lowest BCUT2D eigenvalue weighted by Crippen LogP contribution is -2.05. The first kappa shape index (κ1) is 12.8. The largest absolute Gasteiger partial charge is 0.369 e. The van der Waals surface area contributed by atoms with Gasteiger partial charge in [-0.05, 0) is 31.0 Å². The van der Waals surface area contributed by atoms with Gasteiger partial charge in [0.1, 0.15) is 5.82 Å². The van der Waals surface area contributed by atoms with E-state index in [1.165, 1.54) is 11.3 Å². The van der Waals surface area contributed by atoms with Gasteiger partial charge in [0.2, 0.25) is 0 Å². The van der Waals surface area contributed by atoms with Crippen molar-refractivity contribution in [3.8, 4) is 5.69 Å². The molecule has 3 rings (SSSR count). The highest BCUT2D eigenvalue weighted by atomic mass is 35.5. The smallest absolute Gasteiger partial charge is 0.133 e. The van der Waals surface area contributed by atoms with Crippen LogP contribution in [0.2, 0.25) is 10.0 Å². The van der Waals surface area contributed by atoms with Crippen molar-refractivity contribution in [2.24, 2.45) is 0 Å². The molecule has 0 atom stereocenters. The van der Waals surface area contributed by atoms with Crippen molar-refractivity contribution in [2.75, 3.05) is 11.9 Å². The van der Waals surface area contributed by atoms with Crippen molar-refractivity contribution in [3.05, 3.63) is 39.5 Å². The van der Waals surface area contributed by atoms with E-state index < -0.39 is 0 Å². The SMILES string of the molecule is CCCc1nn(-c2cc(Cl)ccc2Cl)c2c1CCN2. The Morgan fingerprint density at radius 1 is 1.37 bits per heavy atom. The molecule has 1 aliphatic rings. The second-order valence-corrected chi connectivity index (χ2v) is 5.55. The predicted octanol–water partition coefficient (Wildman–Crippen LogP) is 4.10. The number of aryl methyl sites for hydroxylation is 1. The Kier molecular flexibility index (Phi) is 3.42. The van der Waals surface area contributed by atoms with Crippen LogP contribution in [0.1, 0.15) is 24.6 Å². The monoisotopic (exact) mass is 295 g/mol. The van der Waals surface area contributed by atoms with Crippen LogP contribution in [-0.2, 0) is 12.8 Å². The fraction of sp³-hybridized carbons (Fsp3) is 0.357. The summed E-state index contributed by atoms with van der Waals surface area (Å²) in [5, 5.41) is 9.42. The number of anilines is 1. The molecule has 0 spiro atoms. The van der Waals surface area contributed by atoms with Crippen LogP contribution in [0, 0.1) is 0 Å². The third kappa shape index (κ3) is 2.21. The maximum atomic E-state index is 6.27. The minimum absolute atomic E-state index is 0.659. The molecule has 0 saturated carbocycles. The highest BCUT2D eigenvalue weighted by molar-refractivity contribution is 6.34. The van der Waals surface area contributed by atoms with Gasteiger partial charge >= 0.3 is 0 Å². The quantitative estimate of drug-likeness (QED) is 0.924. The first-order valence-electron chi connectivity index (χ1n) is 6.50. The molecule has 5 heteroatoms. The van der Waals surface area contributed by atoms with E-state index in [-0.39, 0.29) is 0 Å². The van der Waals surface area contributed by atoms with Gasteiger partial charge in [0.05, 0.1) is 16.4 Å². The molecule has 1 aliphatic heterocycles. The van der Waals surface area contributed by atoms with E-state index in [9.17, 15) is 0 Å². The number of nitrogens with zero attached hydrogens (tertiary/aromatic N) is 2. The Balaban J connectivity index is 2.15. The van der Waals surface area contributed by atoms with Crippen LogP contribution < -0.4 is 5.32 Å². The average molecular weight is 296 g/mol. The zero-order valence-electron chi connectivity index (χ0n) is 10.7. The second-order valence-electron chi connectivity index (χ2n) is 4.71. The number of fused-ring (bicyclic) bond motifs is 1. The van der Waals surface area contributed by atoms with E-state index in [1.807, 2.05) is 16.8 Å². The minimum Gasteiger partial charge on any atom is -0.369 e. The van der Waals surface area contributed by atoms with Gasteiger partial charge in [-0.2, -0.15) is 5.10 Å². The predicted molar refractivity (Wildman–Crippen MR) is 79.8 cm³/mol. The van der Waals surface area contributed by atoms with E-state index in [2.05, 4.69) is 12.2 Å². The number of halogens is 2. The molecule has 0 aliphatic carbocycles. The van der Waals surface area contributed by atoms with Gasteiger partial charge in [0.25, 0.3) is 0 Å². The summed E-state index contributed by atoms with van der Waals surface area (Å²) in [5.74, 6) is 1.06. The fourth-order valence-electron chi connectivity index (χ4n) is 2.51. The van der Waals surface area contributed by atoms with Crippen LogP contribution >= 0.6 is 23.2 Å². The lowest BCUT2D eigenvalue weighted by atomic mass is 10.1. The zero-order chi connectivity index (χ0) is 13.4. The Bertz CT molecular complexity index is 619. The van der Waals surface area contributed by atoms with Gasteiger partial charge in [-0.25, -0.2) is 4.68 Å². The van der Waals surface area contributed by atoms with Crippen LogP contribution in [0.5, 0.6) is 0 Å². The summed E-state index contributed by atoms with van der Waals surface area (Å²) >= 11 is 12.3. The second kappa shape index (κ2) is 5.06. The molecule has 1 aromatic carbocycles. The first-order chi connectivity index (χ1) is 9.20. The zero-order valence-corrected chi connectivity index (χ0v) is 12.2. The molecule has 2 aromatic rings. The minimum atomic E-state index is 0.659. The standard InChI is InChI=1S/C14H15Cl2N3/c1-2-3-12-10-6-7-17-14(10)19(18-12)13-8-9(15)4-5-11(13)16/h4-5,8,17H,2-3,6-7H2,1H3. The number of rotatable bonds is 3. The van der Waals surface area contributed by atoms with Crippen molar-refractivity contribution < 1.29 is 0 Å². The lowest BCUT2D eigenvalue weighted by molar-refractivity contribution is 0.796. The molecule has 3 nitrogen and oxygen atoms in total. The van der Waals surface area contributed by atoms with Crippen molar-refractivity contribution in [1.29, 1.82) is 0 Å². The van der Waals surface area contributed by atoms with Gasteiger partial charge in [0, 0.05) is 17.1 Å². The van der Waals surface area contributed by atoms with Gasteiger partial charge in [-0.3, -0.25) is 0 Å². The van der Waals surface area contributed by atoms with E-state index >= 15 is 0 Å². The normalized spacial score (nSPS) is 13.4. The van der Waals surface area contributed by atoms with Gasteiger partial charge in [-0.1, -0.05) is 36.5 Å². The van der Waals surface area contributed by atoms with E-state index in [4.69, 9.17) is 28.3 Å². The summed E-state index contributed by atoms with van der Waals surface area (Å²) in [6, 6.07) is 5.45. The molecule has 100 valence electrons. The van der Waals surface area contributed by atoms with E-state index in [0.29, 0.717) is 10.0 Å². The summed E-state index contributed by atoms with van der Waals surface area (Å²) in [5.41, 5.74) is 3.32. The summed E-state index contributed by atoms with van der Waals surface area (Å²) < 4.78 is 1.89. The molecule has 1 N–H and O–H groups in total. The molecule has 19 heavy (non-hydrogen) atoms. The Morgan fingerprint density at radius 2 is 2.21 bits per heavy atom. The fourth-order valence-corrected chi connectivity index (χ4v) is 2.87. The van der Waals surface area contributed by atoms with Crippen molar-refractivity contribution in [1.82, 2.24) is 9.78 Å². The van der Waals surface area contributed by atoms with Gasteiger partial charge in [0.15, 0.2) is 0 Å². The molecular formula is C14H15Cl2N3. The summed E-state index contributed by atoms with van der Waals surface area (Å²) in [4.78, 5) is 0. The van der Waals surface area contributed by atoms with Gasteiger partial charge in [-0.15, -0.1) is 0 Å². The van der Waals surface area contributed by atoms with Crippen molar-refractivity contribution >= 4 is 29.0 Å². The maximum absolute atomic E-state index is 6.27. The summed E-state index contributed by atoms with van der Waals surface area (Å²) in [6.07, 6.45) is 3.12. The van der Waals surface area contributed by atoms with Gasteiger partial charge < -0.3 is 5.32 Å². The van der Waals surface area contributed by atoms with E-state index in [1.54, 1.807) is 6.07 Å². The molecule has 2 heterocycles. The summed E-state index contributed by atoms with van der Waals surface area (Å²) in [6.45, 7) is 3.13. The van der Waals surface area contributed by atoms with E-state index in [0.717, 1.165) is 37.3 Å². The van der Waals surface area contributed by atoms with Crippen LogP contribution in [0.15, 0.2) is 18.2 Å². The molecular weight excluding hydrogens is 281 g/mol. The Morgan fingerprint density at radius 3 is 3.00 bits per heavy atom. The number of benzene rings is 1. The van der Waals surface area contributed by atoms with Crippen molar-refractivity contribution in [2.45, 2.75) is 26.2 Å². The third-order valence-corrected chi connectivity index (χ3v) is 3.91. The molecule has 0 unspecified atom stereocenters. The van der Waals surface area contributed by atoms with Crippen LogP contribution in [0.3, 0.4) is 0 Å². The Hall–Kier alpha value is -1.19. The number of aromatic nitrogens is 2. The topological polar surface area (TPSA) is 29.9 Å². The maximum Gasteiger partial charge on any atom is 0.133 e. The van der Waals surface area contributed by atoms with Crippen LogP contribution in [0.4, 0.5) is 5.82 Å². The number of nitrogens with one attached hydrogen (secondary N) is 1. The molecule has 0 fully saturated rings. The van der Waals surface area contributed by atoms with Crippen molar-refractivity contribution in [3.63, 3.8) is 0 Å². The molecule has 0 bridgehead atoms. The highest BCUT2D eigenvalue weighted by Crippen LogP contribution is 2.33. The third-order valence-electron chi connectivity index (χ3n) is 3.36. The number of hydrogen-bond acceptors (Lipinski definition) is 2. The highest BCUT2D eigenvalue weighted by Gasteiger charge is 2.23. The molecule has 0 amide bonds.